The maximum atomic E-state index is 13.2. The SMILES string of the molecule is CC#CCOC(=O)N1CCc2c([nH]c3ccc(Cl)cc23)[C@@H]1c1ccc(OC2CCN(c3ncccn3)CC2)cc1. The number of hydrogen-bond acceptors (Lipinski definition) is 6. The quantitative estimate of drug-likeness (QED) is 0.315. The van der Waals surface area contributed by atoms with Gasteiger partial charge in [0.05, 0.1) is 0 Å². The van der Waals surface area contributed by atoms with E-state index >= 15 is 0 Å². The summed E-state index contributed by atoms with van der Waals surface area (Å²) >= 11 is 6.32. The van der Waals surface area contributed by atoms with Gasteiger partial charge in [0.1, 0.15) is 17.9 Å². The zero-order valence-corrected chi connectivity index (χ0v) is 23.0. The van der Waals surface area contributed by atoms with Gasteiger partial charge in [0, 0.05) is 66.5 Å². The van der Waals surface area contributed by atoms with Crippen LogP contribution < -0.4 is 9.64 Å². The largest absolute Gasteiger partial charge is 0.490 e. The molecule has 2 aromatic heterocycles. The van der Waals surface area contributed by atoms with Crippen LogP contribution in [-0.2, 0) is 11.2 Å². The molecule has 8 nitrogen and oxygen atoms in total. The van der Waals surface area contributed by atoms with Crippen LogP contribution >= 0.6 is 11.6 Å². The van der Waals surface area contributed by atoms with Gasteiger partial charge < -0.3 is 19.4 Å². The Hall–Kier alpha value is -4.22. The fourth-order valence-electron chi connectivity index (χ4n) is 5.61. The molecule has 6 rings (SSSR count). The Morgan fingerprint density at radius 1 is 1.10 bits per heavy atom. The average Bonchev–Trinajstić information content (AvgIpc) is 3.36. The number of carbonyl (C=O) groups is 1. The molecule has 2 aromatic carbocycles. The molecule has 0 unspecified atom stereocenters. The second kappa shape index (κ2) is 11.5. The summed E-state index contributed by atoms with van der Waals surface area (Å²) in [5, 5.41) is 1.78. The summed E-state index contributed by atoms with van der Waals surface area (Å²) < 4.78 is 11.8. The molecule has 0 aliphatic carbocycles. The van der Waals surface area contributed by atoms with Gasteiger partial charge in [-0.25, -0.2) is 14.8 Å². The molecule has 2 aliphatic heterocycles. The van der Waals surface area contributed by atoms with Crippen molar-refractivity contribution in [3.8, 4) is 17.6 Å². The highest BCUT2D eigenvalue weighted by Crippen LogP contribution is 2.40. The Kier molecular flexibility index (Phi) is 7.47. The number of halogens is 1. The normalized spacial score (nSPS) is 17.2. The Morgan fingerprint density at radius 3 is 2.62 bits per heavy atom. The molecule has 40 heavy (non-hydrogen) atoms. The first-order valence-electron chi connectivity index (χ1n) is 13.5. The zero-order chi connectivity index (χ0) is 27.5. The smallest absolute Gasteiger partial charge is 0.411 e. The number of amides is 1. The van der Waals surface area contributed by atoms with E-state index in [0.717, 1.165) is 59.8 Å². The van der Waals surface area contributed by atoms with Crippen LogP contribution in [0.5, 0.6) is 5.75 Å². The third kappa shape index (κ3) is 5.30. The van der Waals surface area contributed by atoms with Gasteiger partial charge in [-0.15, -0.1) is 5.92 Å². The van der Waals surface area contributed by atoms with Crippen LogP contribution in [0.25, 0.3) is 10.9 Å². The number of aromatic nitrogens is 3. The summed E-state index contributed by atoms with van der Waals surface area (Å²) in [6.45, 7) is 4.01. The second-order valence-electron chi connectivity index (χ2n) is 9.96. The van der Waals surface area contributed by atoms with E-state index < -0.39 is 0 Å². The third-order valence-corrected chi connectivity index (χ3v) is 7.78. The van der Waals surface area contributed by atoms with E-state index in [4.69, 9.17) is 21.1 Å². The van der Waals surface area contributed by atoms with Crippen molar-refractivity contribution in [3.63, 3.8) is 0 Å². The van der Waals surface area contributed by atoms with Gasteiger partial charge >= 0.3 is 6.09 Å². The van der Waals surface area contributed by atoms with Gasteiger partial charge in [0.25, 0.3) is 0 Å². The van der Waals surface area contributed by atoms with Gasteiger partial charge in [-0.1, -0.05) is 29.7 Å². The number of aromatic amines is 1. The summed E-state index contributed by atoms with van der Waals surface area (Å²) in [5.41, 5.74) is 4.12. The molecule has 4 heterocycles. The van der Waals surface area contributed by atoms with E-state index in [1.807, 2.05) is 48.5 Å². The third-order valence-electron chi connectivity index (χ3n) is 7.54. The van der Waals surface area contributed by atoms with Gasteiger partial charge in [-0.2, -0.15) is 0 Å². The van der Waals surface area contributed by atoms with Crippen LogP contribution in [0.2, 0.25) is 5.02 Å². The first-order valence-corrected chi connectivity index (χ1v) is 13.9. The van der Waals surface area contributed by atoms with Crippen molar-refractivity contribution >= 4 is 34.5 Å². The molecule has 0 bridgehead atoms. The Morgan fingerprint density at radius 2 is 1.88 bits per heavy atom. The summed E-state index contributed by atoms with van der Waals surface area (Å²) in [4.78, 5) is 29.4. The lowest BCUT2D eigenvalue weighted by atomic mass is 9.92. The highest BCUT2D eigenvalue weighted by molar-refractivity contribution is 6.31. The van der Waals surface area contributed by atoms with Crippen molar-refractivity contribution in [2.45, 2.75) is 38.3 Å². The standard InChI is InChI=1S/C31H30ClN5O3/c1-2-3-19-39-31(38)37-18-13-25-26-20-22(32)7-10-27(26)35-28(25)29(37)21-5-8-23(9-6-21)40-24-11-16-36(17-12-24)30-33-14-4-15-34-30/h4-10,14-15,20,24,29,35H,11-13,16-19H2,1H3/t29-/m0/s1. The summed E-state index contributed by atoms with van der Waals surface area (Å²) in [5.74, 6) is 7.16. The van der Waals surface area contributed by atoms with E-state index in [1.54, 1.807) is 24.2 Å². The molecule has 204 valence electrons. The van der Waals surface area contributed by atoms with E-state index in [-0.39, 0.29) is 24.8 Å². The van der Waals surface area contributed by atoms with Crippen LogP contribution in [0.1, 0.15) is 42.6 Å². The van der Waals surface area contributed by atoms with Gasteiger partial charge in [-0.3, -0.25) is 4.90 Å². The van der Waals surface area contributed by atoms with Crippen LogP contribution in [0.4, 0.5) is 10.7 Å². The molecule has 1 N–H and O–H groups in total. The fourth-order valence-corrected chi connectivity index (χ4v) is 5.78. The van der Waals surface area contributed by atoms with Gasteiger partial charge in [-0.05, 0) is 60.9 Å². The molecule has 0 radical (unpaired) electrons. The lowest BCUT2D eigenvalue weighted by molar-refractivity contribution is 0.0993. The first kappa shape index (κ1) is 26.0. The van der Waals surface area contributed by atoms with Crippen LogP contribution in [-0.4, -0.2) is 58.3 Å². The number of H-pyrrole nitrogens is 1. The van der Waals surface area contributed by atoms with Crippen LogP contribution in [0, 0.1) is 11.8 Å². The second-order valence-corrected chi connectivity index (χ2v) is 10.4. The molecular weight excluding hydrogens is 526 g/mol. The molecule has 1 amide bonds. The molecule has 0 saturated carbocycles. The van der Waals surface area contributed by atoms with E-state index in [9.17, 15) is 4.79 Å². The number of piperidine rings is 1. The highest BCUT2D eigenvalue weighted by Gasteiger charge is 2.35. The molecule has 1 saturated heterocycles. The minimum absolute atomic E-state index is 0.0652. The number of anilines is 1. The number of rotatable bonds is 5. The summed E-state index contributed by atoms with van der Waals surface area (Å²) in [6, 6.07) is 15.4. The monoisotopic (exact) mass is 555 g/mol. The lowest BCUT2D eigenvalue weighted by Gasteiger charge is -2.35. The maximum absolute atomic E-state index is 13.2. The number of benzene rings is 2. The fraction of sp³-hybridized carbons (Fsp3) is 0.323. The summed E-state index contributed by atoms with van der Waals surface area (Å²) in [6.07, 6.45) is 5.77. The molecule has 0 spiro atoms. The van der Waals surface area contributed by atoms with Crippen LogP contribution in [0.15, 0.2) is 60.9 Å². The van der Waals surface area contributed by atoms with E-state index in [0.29, 0.717) is 18.0 Å². The molecule has 9 heteroatoms. The predicted octanol–water partition coefficient (Wildman–Crippen LogP) is 5.77. The first-order chi connectivity index (χ1) is 19.6. The highest BCUT2D eigenvalue weighted by atomic mass is 35.5. The number of nitrogens with zero attached hydrogens (tertiary/aromatic N) is 4. The van der Waals surface area contributed by atoms with Crippen LogP contribution in [0.3, 0.4) is 0 Å². The van der Waals surface area contributed by atoms with E-state index in [1.165, 1.54) is 5.56 Å². The van der Waals surface area contributed by atoms with E-state index in [2.05, 4.69) is 31.7 Å². The summed E-state index contributed by atoms with van der Waals surface area (Å²) in [7, 11) is 0. The average molecular weight is 556 g/mol. The minimum atomic E-state index is -0.385. The molecule has 4 aromatic rings. The Balaban J connectivity index is 1.22. The van der Waals surface area contributed by atoms with Crippen molar-refractivity contribution in [1.29, 1.82) is 0 Å². The number of fused-ring (bicyclic) bond motifs is 3. The van der Waals surface area contributed by atoms with Gasteiger partial charge in [0.15, 0.2) is 6.61 Å². The molecule has 1 atom stereocenters. The zero-order valence-electron chi connectivity index (χ0n) is 22.3. The van der Waals surface area contributed by atoms with Crippen molar-refractivity contribution in [2.24, 2.45) is 0 Å². The van der Waals surface area contributed by atoms with Crippen molar-refractivity contribution in [2.75, 3.05) is 31.1 Å². The van der Waals surface area contributed by atoms with Crippen molar-refractivity contribution in [1.82, 2.24) is 19.9 Å². The molecular formula is C31H30ClN5O3. The number of hydrogen-bond donors (Lipinski definition) is 1. The number of ether oxygens (including phenoxy) is 2. The number of carbonyl (C=O) groups excluding carboxylic acids is 1. The van der Waals surface area contributed by atoms with Crippen molar-refractivity contribution in [3.05, 3.63) is 82.8 Å². The Bertz CT molecular complexity index is 1550. The molecule has 1 fully saturated rings. The van der Waals surface area contributed by atoms with Gasteiger partial charge in [0.2, 0.25) is 5.95 Å². The lowest BCUT2D eigenvalue weighted by Crippen LogP contribution is -2.41. The minimum Gasteiger partial charge on any atom is -0.490 e. The number of nitrogens with one attached hydrogen (secondary N) is 1. The molecule has 2 aliphatic rings. The topological polar surface area (TPSA) is 83.6 Å². The van der Waals surface area contributed by atoms with Crippen molar-refractivity contribution < 1.29 is 14.3 Å². The predicted molar refractivity (Wildman–Crippen MR) is 155 cm³/mol. The maximum Gasteiger partial charge on any atom is 0.411 e. The Labute approximate surface area is 238 Å².